The van der Waals surface area contributed by atoms with E-state index in [0.717, 1.165) is 5.92 Å². The summed E-state index contributed by atoms with van der Waals surface area (Å²) in [5.41, 5.74) is 1.56. The summed E-state index contributed by atoms with van der Waals surface area (Å²) >= 11 is 0. The SMILES string of the molecule is C[n+]1cc(C2CCCCC2)c2ccccc2c1. The van der Waals surface area contributed by atoms with Crippen LogP contribution in [0.2, 0.25) is 0 Å². The Morgan fingerprint density at radius 1 is 1.00 bits per heavy atom. The minimum Gasteiger partial charge on any atom is -0.207 e. The highest BCUT2D eigenvalue weighted by Crippen LogP contribution is 2.35. The fourth-order valence-electron chi connectivity index (χ4n) is 3.16. The molecule has 1 nitrogen and oxygen atoms in total. The molecular weight excluding hydrogens is 206 g/mol. The molecule has 1 aromatic carbocycles. The molecular formula is C16H20N+. The lowest BCUT2D eigenvalue weighted by Crippen LogP contribution is -2.28. The van der Waals surface area contributed by atoms with Gasteiger partial charge in [0.25, 0.3) is 0 Å². The lowest BCUT2D eigenvalue weighted by molar-refractivity contribution is -0.670. The minimum absolute atomic E-state index is 0.779. The molecule has 1 fully saturated rings. The molecule has 2 aromatic rings. The van der Waals surface area contributed by atoms with Crippen LogP contribution in [-0.4, -0.2) is 0 Å². The molecule has 1 heteroatoms. The van der Waals surface area contributed by atoms with Gasteiger partial charge in [-0.25, -0.2) is 4.57 Å². The van der Waals surface area contributed by atoms with Gasteiger partial charge in [0.1, 0.15) is 7.05 Å². The molecule has 0 bridgehead atoms. The highest BCUT2D eigenvalue weighted by atomic mass is 14.9. The van der Waals surface area contributed by atoms with Crippen LogP contribution in [0, 0.1) is 0 Å². The predicted molar refractivity (Wildman–Crippen MR) is 71.0 cm³/mol. The Kier molecular flexibility index (Phi) is 2.84. The molecule has 1 aliphatic rings. The first kappa shape index (κ1) is 10.8. The quantitative estimate of drug-likeness (QED) is 0.653. The van der Waals surface area contributed by atoms with Gasteiger partial charge < -0.3 is 0 Å². The van der Waals surface area contributed by atoms with Crippen LogP contribution in [0.1, 0.15) is 43.6 Å². The van der Waals surface area contributed by atoms with Gasteiger partial charge in [-0.1, -0.05) is 37.5 Å². The average molecular weight is 226 g/mol. The summed E-state index contributed by atoms with van der Waals surface area (Å²) in [6, 6.07) is 8.79. The summed E-state index contributed by atoms with van der Waals surface area (Å²) in [7, 11) is 2.14. The number of hydrogen-bond acceptors (Lipinski definition) is 0. The van der Waals surface area contributed by atoms with Gasteiger partial charge in [-0.3, -0.25) is 0 Å². The number of nitrogens with zero attached hydrogens (tertiary/aromatic N) is 1. The molecule has 0 unspecified atom stereocenters. The first-order valence-electron chi connectivity index (χ1n) is 6.72. The van der Waals surface area contributed by atoms with Crippen LogP contribution in [0.15, 0.2) is 36.7 Å². The van der Waals surface area contributed by atoms with Crippen molar-refractivity contribution in [3.05, 3.63) is 42.2 Å². The lowest BCUT2D eigenvalue weighted by atomic mass is 9.83. The second kappa shape index (κ2) is 4.48. The standard InChI is InChI=1S/C16H20N/c1-17-11-14-9-5-6-10-15(14)16(12-17)13-7-3-2-4-8-13/h5-6,9-13H,2-4,7-8H2,1H3/q+1. The number of aromatic nitrogens is 1. The Labute approximate surface area is 103 Å². The topological polar surface area (TPSA) is 3.88 Å². The number of aryl methyl sites for hydroxylation is 1. The van der Waals surface area contributed by atoms with Gasteiger partial charge in [0.05, 0.1) is 0 Å². The Morgan fingerprint density at radius 3 is 2.59 bits per heavy atom. The molecule has 3 rings (SSSR count). The summed E-state index contributed by atoms with van der Waals surface area (Å²) < 4.78 is 2.21. The molecule has 1 heterocycles. The highest BCUT2D eigenvalue weighted by Gasteiger charge is 2.20. The molecule has 17 heavy (non-hydrogen) atoms. The van der Waals surface area contributed by atoms with E-state index in [1.54, 1.807) is 5.56 Å². The number of hydrogen-bond donors (Lipinski definition) is 0. The van der Waals surface area contributed by atoms with Crippen LogP contribution in [-0.2, 0) is 7.05 Å². The van der Waals surface area contributed by atoms with Crippen molar-refractivity contribution in [1.29, 1.82) is 0 Å². The van der Waals surface area contributed by atoms with Gasteiger partial charge in [0, 0.05) is 10.9 Å². The molecule has 0 N–H and O–H groups in total. The Balaban J connectivity index is 2.13. The molecule has 1 aromatic heterocycles. The fraction of sp³-hybridized carbons (Fsp3) is 0.438. The normalized spacial score (nSPS) is 17.5. The molecule has 0 aliphatic heterocycles. The zero-order chi connectivity index (χ0) is 11.7. The van der Waals surface area contributed by atoms with Gasteiger partial charge in [-0.2, -0.15) is 0 Å². The summed E-state index contributed by atoms with van der Waals surface area (Å²) in [6.45, 7) is 0. The number of benzene rings is 1. The maximum atomic E-state index is 2.33. The Bertz CT molecular complexity index is 524. The van der Waals surface area contributed by atoms with E-state index in [0.29, 0.717) is 0 Å². The monoisotopic (exact) mass is 226 g/mol. The van der Waals surface area contributed by atoms with Crippen molar-refractivity contribution in [2.45, 2.75) is 38.0 Å². The van der Waals surface area contributed by atoms with Crippen molar-refractivity contribution >= 4 is 10.8 Å². The van der Waals surface area contributed by atoms with E-state index in [1.165, 1.54) is 42.9 Å². The number of fused-ring (bicyclic) bond motifs is 1. The minimum atomic E-state index is 0.779. The highest BCUT2D eigenvalue weighted by molar-refractivity contribution is 5.84. The third-order valence-corrected chi connectivity index (χ3v) is 4.00. The van der Waals surface area contributed by atoms with Crippen LogP contribution < -0.4 is 4.57 Å². The summed E-state index contributed by atoms with van der Waals surface area (Å²) in [5.74, 6) is 0.779. The summed E-state index contributed by atoms with van der Waals surface area (Å²) in [5, 5.41) is 2.83. The van der Waals surface area contributed by atoms with E-state index in [9.17, 15) is 0 Å². The van der Waals surface area contributed by atoms with Gasteiger partial charge >= 0.3 is 0 Å². The Hall–Kier alpha value is -1.37. The molecule has 0 amide bonds. The van der Waals surface area contributed by atoms with Crippen molar-refractivity contribution in [3.8, 4) is 0 Å². The van der Waals surface area contributed by atoms with Gasteiger partial charge in [-0.05, 0) is 30.2 Å². The maximum absolute atomic E-state index is 2.33. The maximum Gasteiger partial charge on any atom is 0.176 e. The van der Waals surface area contributed by atoms with Crippen molar-refractivity contribution in [2.24, 2.45) is 7.05 Å². The molecule has 1 aliphatic carbocycles. The van der Waals surface area contributed by atoms with Crippen LogP contribution >= 0.6 is 0 Å². The van der Waals surface area contributed by atoms with Crippen molar-refractivity contribution < 1.29 is 4.57 Å². The van der Waals surface area contributed by atoms with Gasteiger partial charge in [0.2, 0.25) is 0 Å². The van der Waals surface area contributed by atoms with Crippen LogP contribution in [0.5, 0.6) is 0 Å². The molecule has 0 radical (unpaired) electrons. The lowest BCUT2D eigenvalue weighted by Gasteiger charge is -2.22. The van der Waals surface area contributed by atoms with Crippen molar-refractivity contribution in [3.63, 3.8) is 0 Å². The largest absolute Gasteiger partial charge is 0.207 e. The van der Waals surface area contributed by atoms with Crippen LogP contribution in [0.25, 0.3) is 10.8 Å². The molecule has 0 atom stereocenters. The average Bonchev–Trinajstić information content (AvgIpc) is 2.39. The second-order valence-corrected chi connectivity index (χ2v) is 5.30. The van der Waals surface area contributed by atoms with Crippen molar-refractivity contribution in [1.82, 2.24) is 0 Å². The van der Waals surface area contributed by atoms with E-state index in [1.807, 2.05) is 0 Å². The smallest absolute Gasteiger partial charge is 0.176 e. The predicted octanol–water partition coefficient (Wildman–Crippen LogP) is 3.71. The third kappa shape index (κ3) is 2.06. The third-order valence-electron chi connectivity index (χ3n) is 4.00. The van der Waals surface area contributed by atoms with E-state index in [2.05, 4.69) is 48.3 Å². The molecule has 88 valence electrons. The molecule has 0 spiro atoms. The first-order valence-corrected chi connectivity index (χ1v) is 6.72. The summed E-state index contributed by atoms with van der Waals surface area (Å²) in [6.07, 6.45) is 11.5. The van der Waals surface area contributed by atoms with E-state index in [-0.39, 0.29) is 0 Å². The Morgan fingerprint density at radius 2 is 1.76 bits per heavy atom. The number of pyridine rings is 1. The second-order valence-electron chi connectivity index (χ2n) is 5.30. The van der Waals surface area contributed by atoms with E-state index < -0.39 is 0 Å². The van der Waals surface area contributed by atoms with Crippen LogP contribution in [0.3, 0.4) is 0 Å². The molecule has 1 saturated carbocycles. The van der Waals surface area contributed by atoms with E-state index in [4.69, 9.17) is 0 Å². The first-order chi connectivity index (χ1) is 8.34. The zero-order valence-corrected chi connectivity index (χ0v) is 10.5. The van der Waals surface area contributed by atoms with Gasteiger partial charge in [-0.15, -0.1) is 0 Å². The summed E-state index contributed by atoms with van der Waals surface area (Å²) in [4.78, 5) is 0. The van der Waals surface area contributed by atoms with Crippen molar-refractivity contribution in [2.75, 3.05) is 0 Å². The fourth-order valence-corrected chi connectivity index (χ4v) is 3.16. The van der Waals surface area contributed by atoms with E-state index >= 15 is 0 Å². The number of rotatable bonds is 1. The van der Waals surface area contributed by atoms with Gasteiger partial charge in [0.15, 0.2) is 12.4 Å². The van der Waals surface area contributed by atoms with Crippen LogP contribution in [0.4, 0.5) is 0 Å². The molecule has 0 saturated heterocycles. The zero-order valence-electron chi connectivity index (χ0n) is 10.5.